The van der Waals surface area contributed by atoms with Crippen molar-refractivity contribution in [1.82, 2.24) is 5.32 Å². The van der Waals surface area contributed by atoms with E-state index in [4.69, 9.17) is 5.73 Å². The van der Waals surface area contributed by atoms with Crippen molar-refractivity contribution in [2.75, 3.05) is 17.2 Å². The molecule has 146 valence electrons. The summed E-state index contributed by atoms with van der Waals surface area (Å²) in [6.07, 6.45) is 6.13. The van der Waals surface area contributed by atoms with E-state index < -0.39 is 0 Å². The largest absolute Gasteiger partial charge is 0.398 e. The second-order valence-electron chi connectivity index (χ2n) is 7.80. The molecule has 3 N–H and O–H groups in total. The van der Waals surface area contributed by atoms with Crippen LogP contribution in [0.2, 0.25) is 0 Å². The third-order valence-electron chi connectivity index (χ3n) is 5.93. The lowest BCUT2D eigenvalue weighted by molar-refractivity contribution is -0.124. The summed E-state index contributed by atoms with van der Waals surface area (Å²) in [5.41, 5.74) is 10.5. The molecule has 2 aromatic carbocycles. The zero-order chi connectivity index (χ0) is 19.5. The van der Waals surface area contributed by atoms with Gasteiger partial charge in [-0.05, 0) is 61.1 Å². The highest BCUT2D eigenvalue weighted by atomic mass is 16.2. The third kappa shape index (κ3) is 3.75. The fourth-order valence-corrected chi connectivity index (χ4v) is 4.31. The Morgan fingerprint density at radius 3 is 2.54 bits per heavy atom. The Bertz CT molecular complexity index is 870. The van der Waals surface area contributed by atoms with E-state index in [2.05, 4.69) is 5.32 Å². The van der Waals surface area contributed by atoms with Gasteiger partial charge in [0.25, 0.3) is 5.91 Å². The van der Waals surface area contributed by atoms with Crippen LogP contribution < -0.4 is 16.0 Å². The Morgan fingerprint density at radius 2 is 1.79 bits per heavy atom. The fourth-order valence-electron chi connectivity index (χ4n) is 4.31. The normalized spacial score (nSPS) is 16.6. The van der Waals surface area contributed by atoms with Crippen LogP contribution in [0, 0.1) is 5.92 Å². The minimum Gasteiger partial charge on any atom is -0.398 e. The summed E-state index contributed by atoms with van der Waals surface area (Å²) >= 11 is 0. The quantitative estimate of drug-likeness (QED) is 0.798. The first-order valence-electron chi connectivity index (χ1n) is 10.2. The number of nitrogens with zero attached hydrogens (tertiary/aromatic N) is 1. The van der Waals surface area contributed by atoms with E-state index in [0.29, 0.717) is 18.7 Å². The number of nitrogen functional groups attached to an aromatic ring is 1. The van der Waals surface area contributed by atoms with Crippen LogP contribution in [0.4, 0.5) is 11.4 Å². The van der Waals surface area contributed by atoms with Crippen LogP contribution >= 0.6 is 0 Å². The van der Waals surface area contributed by atoms with Gasteiger partial charge in [0.15, 0.2) is 0 Å². The summed E-state index contributed by atoms with van der Waals surface area (Å²) in [4.78, 5) is 27.0. The van der Waals surface area contributed by atoms with Gasteiger partial charge >= 0.3 is 0 Å². The van der Waals surface area contributed by atoms with Crippen LogP contribution in [-0.2, 0) is 17.8 Å². The molecule has 0 bridgehead atoms. The summed E-state index contributed by atoms with van der Waals surface area (Å²) in [6.45, 7) is 1.21. The van der Waals surface area contributed by atoms with Crippen molar-refractivity contribution in [3.8, 4) is 0 Å². The van der Waals surface area contributed by atoms with Crippen LogP contribution in [-0.4, -0.2) is 18.4 Å². The first kappa shape index (κ1) is 18.5. The van der Waals surface area contributed by atoms with E-state index in [1.54, 1.807) is 0 Å². The number of nitrogens with one attached hydrogen (secondary N) is 1. The van der Waals surface area contributed by atoms with Crippen LogP contribution in [0.3, 0.4) is 0 Å². The summed E-state index contributed by atoms with van der Waals surface area (Å²) in [6, 6.07) is 13.3. The van der Waals surface area contributed by atoms with E-state index >= 15 is 0 Å². The molecule has 1 saturated carbocycles. The summed E-state index contributed by atoms with van der Waals surface area (Å²) < 4.78 is 0. The van der Waals surface area contributed by atoms with Gasteiger partial charge in [-0.2, -0.15) is 0 Å². The maximum atomic E-state index is 13.0. The van der Waals surface area contributed by atoms with Crippen molar-refractivity contribution in [2.45, 2.75) is 45.1 Å². The van der Waals surface area contributed by atoms with Crippen molar-refractivity contribution in [3.05, 3.63) is 59.2 Å². The lowest BCUT2D eigenvalue weighted by Gasteiger charge is -2.30. The number of carbonyl (C=O) groups is 2. The minimum absolute atomic E-state index is 0.00640. The molecule has 0 unspecified atom stereocenters. The van der Waals surface area contributed by atoms with Gasteiger partial charge in [0, 0.05) is 35.9 Å². The van der Waals surface area contributed by atoms with E-state index in [1.807, 2.05) is 47.4 Å². The number of fused-ring (bicyclic) bond motifs is 1. The Kier molecular flexibility index (Phi) is 5.33. The van der Waals surface area contributed by atoms with Crippen LogP contribution in [0.1, 0.15) is 53.6 Å². The predicted octanol–water partition coefficient (Wildman–Crippen LogP) is 3.67. The number of anilines is 2. The van der Waals surface area contributed by atoms with Crippen molar-refractivity contribution >= 4 is 23.2 Å². The SMILES string of the molecule is Nc1cccc2c1CCCN2C(=O)c1ccc(CNC(=O)C2CCCC2)cc1. The summed E-state index contributed by atoms with van der Waals surface area (Å²) in [7, 11) is 0. The number of rotatable bonds is 4. The second-order valence-corrected chi connectivity index (χ2v) is 7.80. The summed E-state index contributed by atoms with van der Waals surface area (Å²) in [5, 5.41) is 3.02. The molecule has 0 atom stereocenters. The Balaban J connectivity index is 1.42. The number of hydrogen-bond acceptors (Lipinski definition) is 3. The predicted molar refractivity (Wildman–Crippen MR) is 111 cm³/mol. The van der Waals surface area contributed by atoms with Gasteiger partial charge in [0.1, 0.15) is 0 Å². The van der Waals surface area contributed by atoms with Gasteiger partial charge in [-0.15, -0.1) is 0 Å². The number of hydrogen-bond donors (Lipinski definition) is 2. The smallest absolute Gasteiger partial charge is 0.258 e. The molecular weight excluding hydrogens is 350 g/mol. The van der Waals surface area contributed by atoms with Gasteiger partial charge in [0.05, 0.1) is 0 Å². The van der Waals surface area contributed by atoms with Crippen molar-refractivity contribution in [3.63, 3.8) is 0 Å². The van der Waals surface area contributed by atoms with Crippen LogP contribution in [0.15, 0.2) is 42.5 Å². The Labute approximate surface area is 165 Å². The molecule has 0 radical (unpaired) electrons. The van der Waals surface area contributed by atoms with Crippen molar-refractivity contribution in [2.24, 2.45) is 5.92 Å². The average molecular weight is 377 g/mol. The molecule has 0 aromatic heterocycles. The summed E-state index contributed by atoms with van der Waals surface area (Å²) in [5.74, 6) is 0.320. The topological polar surface area (TPSA) is 75.4 Å². The molecule has 1 aliphatic carbocycles. The van der Waals surface area contributed by atoms with Gasteiger partial charge in [-0.3, -0.25) is 9.59 Å². The molecule has 2 aliphatic rings. The first-order chi connectivity index (χ1) is 13.6. The van der Waals surface area contributed by atoms with Gasteiger partial charge in [0.2, 0.25) is 5.91 Å². The first-order valence-corrected chi connectivity index (χ1v) is 10.2. The zero-order valence-electron chi connectivity index (χ0n) is 16.1. The van der Waals surface area contributed by atoms with Gasteiger partial charge < -0.3 is 16.0 Å². The number of amides is 2. The zero-order valence-corrected chi connectivity index (χ0v) is 16.1. The molecule has 1 aliphatic heterocycles. The van der Waals surface area contributed by atoms with Crippen molar-refractivity contribution < 1.29 is 9.59 Å². The van der Waals surface area contributed by atoms with E-state index in [1.165, 1.54) is 0 Å². The lowest BCUT2D eigenvalue weighted by atomic mass is 9.99. The van der Waals surface area contributed by atoms with Crippen LogP contribution in [0.25, 0.3) is 0 Å². The number of nitrogens with two attached hydrogens (primary N) is 1. The maximum absolute atomic E-state index is 13.0. The number of benzene rings is 2. The van der Waals surface area contributed by atoms with E-state index in [-0.39, 0.29) is 17.7 Å². The molecule has 5 nitrogen and oxygen atoms in total. The highest BCUT2D eigenvalue weighted by Gasteiger charge is 2.25. The third-order valence-corrected chi connectivity index (χ3v) is 5.93. The highest BCUT2D eigenvalue weighted by Crippen LogP contribution is 2.32. The molecule has 28 heavy (non-hydrogen) atoms. The molecule has 2 aromatic rings. The molecular formula is C23H27N3O2. The lowest BCUT2D eigenvalue weighted by Crippen LogP contribution is -2.35. The Morgan fingerprint density at radius 1 is 1.04 bits per heavy atom. The maximum Gasteiger partial charge on any atom is 0.258 e. The molecule has 1 heterocycles. The number of carbonyl (C=O) groups excluding carboxylic acids is 2. The standard InChI is InChI=1S/C23H27N3O2/c24-20-8-3-9-21-19(20)7-4-14-26(21)23(28)18-12-10-16(11-13-18)15-25-22(27)17-5-1-2-6-17/h3,8-13,17H,1-2,4-7,14-15,24H2,(H,25,27). The van der Waals surface area contributed by atoms with Gasteiger partial charge in [-0.25, -0.2) is 0 Å². The molecule has 0 saturated heterocycles. The van der Waals surface area contributed by atoms with Gasteiger partial charge in [-0.1, -0.05) is 31.0 Å². The van der Waals surface area contributed by atoms with E-state index in [0.717, 1.165) is 61.0 Å². The van der Waals surface area contributed by atoms with E-state index in [9.17, 15) is 9.59 Å². The molecule has 0 spiro atoms. The molecule has 1 fully saturated rings. The highest BCUT2D eigenvalue weighted by molar-refractivity contribution is 6.07. The molecule has 2 amide bonds. The molecule has 4 rings (SSSR count). The monoisotopic (exact) mass is 377 g/mol. The minimum atomic E-state index is -0.00640. The fraction of sp³-hybridized carbons (Fsp3) is 0.391. The Hall–Kier alpha value is -2.82. The second kappa shape index (κ2) is 8.05. The van der Waals surface area contributed by atoms with Crippen molar-refractivity contribution in [1.29, 1.82) is 0 Å². The average Bonchev–Trinajstić information content (AvgIpc) is 3.27. The molecule has 5 heteroatoms. The van der Waals surface area contributed by atoms with Crippen LogP contribution in [0.5, 0.6) is 0 Å².